The smallest absolute Gasteiger partial charge is 0.404 e. The highest BCUT2D eigenvalue weighted by Crippen LogP contribution is 2.55. The highest BCUT2D eigenvalue weighted by molar-refractivity contribution is 7.49. The first-order valence-corrected chi connectivity index (χ1v) is 10.2. The summed E-state index contributed by atoms with van der Waals surface area (Å²) >= 11 is 0. The van der Waals surface area contributed by atoms with Crippen LogP contribution in [0.4, 0.5) is 8.78 Å². The van der Waals surface area contributed by atoms with Crippen LogP contribution >= 0.6 is 7.82 Å². The SMILES string of the molecule is [2H][C@@]1(n2cc(C=O)c(=O)[nH]c2=O)O[C@](F)(COP2(=O)OCc3cc(F)ccc3O2)C[C@H]1O. The fraction of sp³-hybridized carbons (Fsp3) is 0.353. The number of phosphoric acid groups is 1. The largest absolute Gasteiger partial charge is 0.530 e. The molecule has 1 saturated heterocycles. The molecule has 2 aliphatic rings. The van der Waals surface area contributed by atoms with E-state index in [0.29, 0.717) is 10.8 Å². The van der Waals surface area contributed by atoms with Crippen LogP contribution < -0.4 is 15.8 Å². The number of phosphoric ester groups is 1. The van der Waals surface area contributed by atoms with Crippen LogP contribution in [0.1, 0.15) is 29.9 Å². The van der Waals surface area contributed by atoms with Gasteiger partial charge < -0.3 is 14.4 Å². The minimum Gasteiger partial charge on any atom is -0.404 e. The summed E-state index contributed by atoms with van der Waals surface area (Å²) in [7, 11) is -4.37. The summed E-state index contributed by atoms with van der Waals surface area (Å²) < 4.78 is 69.6. The molecule has 2 aromatic rings. The Bertz CT molecular complexity index is 1250. The lowest BCUT2D eigenvalue weighted by Gasteiger charge is -2.27. The van der Waals surface area contributed by atoms with E-state index in [4.69, 9.17) is 19.7 Å². The van der Waals surface area contributed by atoms with E-state index in [0.717, 1.165) is 12.1 Å². The number of nitrogens with one attached hydrogen (secondary N) is 1. The first-order valence-electron chi connectivity index (χ1n) is 9.23. The van der Waals surface area contributed by atoms with Crippen molar-refractivity contribution in [1.82, 2.24) is 9.55 Å². The molecule has 3 heterocycles. The number of nitrogens with zero attached hydrogens (tertiary/aromatic N) is 1. The van der Waals surface area contributed by atoms with Gasteiger partial charge >= 0.3 is 13.5 Å². The number of aliphatic hydroxyl groups is 1. The van der Waals surface area contributed by atoms with Gasteiger partial charge in [0, 0.05) is 18.2 Å². The maximum absolute atomic E-state index is 15.2. The number of aldehydes is 1. The third-order valence-electron chi connectivity index (χ3n) is 4.45. The van der Waals surface area contributed by atoms with E-state index in [1.807, 2.05) is 0 Å². The van der Waals surface area contributed by atoms with Crippen LogP contribution in [-0.4, -0.2) is 39.5 Å². The lowest BCUT2D eigenvalue weighted by molar-refractivity contribution is -0.179. The minimum absolute atomic E-state index is 0.00251. The average Bonchev–Trinajstić information content (AvgIpc) is 2.96. The number of ether oxygens (including phenoxy) is 1. The van der Waals surface area contributed by atoms with Crippen LogP contribution in [0, 0.1) is 5.82 Å². The Morgan fingerprint density at radius 3 is 3.00 bits per heavy atom. The standard InChI is InChI=1S/C17H15F2N2O9P/c18-11-1-2-13-9(3-11)7-27-31(26,30-13)28-8-17(19)4-12(23)15(29-17)21-5-10(6-22)14(24)20-16(21)25/h1-3,5-6,12,15,23H,4,7-8H2,(H,20,24,25)/t12-,15-,17+,31?/m1/s1/i15D. The summed E-state index contributed by atoms with van der Waals surface area (Å²) in [6.07, 6.45) is -4.91. The van der Waals surface area contributed by atoms with Crippen LogP contribution in [0.2, 0.25) is 0 Å². The summed E-state index contributed by atoms with van der Waals surface area (Å²) in [5, 5.41) is 10.2. The number of rotatable bonds is 5. The lowest BCUT2D eigenvalue weighted by atomic mass is 10.2. The number of alkyl halides is 1. The predicted octanol–water partition coefficient (Wildman–Crippen LogP) is 1.17. The van der Waals surface area contributed by atoms with Gasteiger partial charge in [-0.2, -0.15) is 0 Å². The number of hydrogen-bond donors (Lipinski definition) is 2. The van der Waals surface area contributed by atoms with Crippen molar-refractivity contribution in [2.45, 2.75) is 31.2 Å². The molecule has 0 aliphatic carbocycles. The zero-order chi connectivity index (χ0) is 23.3. The molecule has 166 valence electrons. The fourth-order valence-corrected chi connectivity index (χ4v) is 4.24. The van der Waals surface area contributed by atoms with Gasteiger partial charge in [0.25, 0.3) is 5.56 Å². The molecule has 2 aliphatic heterocycles. The Labute approximate surface area is 173 Å². The minimum atomic E-state index is -4.37. The molecule has 0 saturated carbocycles. The summed E-state index contributed by atoms with van der Waals surface area (Å²) in [4.78, 5) is 36.3. The number of aliphatic hydroxyl groups excluding tert-OH is 1. The van der Waals surface area contributed by atoms with Crippen molar-refractivity contribution in [2.75, 3.05) is 6.61 Å². The molecule has 4 atom stereocenters. The van der Waals surface area contributed by atoms with E-state index in [2.05, 4.69) is 0 Å². The van der Waals surface area contributed by atoms with Gasteiger partial charge in [-0.15, -0.1) is 0 Å². The number of hydrogen-bond acceptors (Lipinski definition) is 9. The van der Waals surface area contributed by atoms with Gasteiger partial charge in [0.05, 0.1) is 13.5 Å². The van der Waals surface area contributed by atoms with Crippen molar-refractivity contribution in [3.8, 4) is 5.75 Å². The van der Waals surface area contributed by atoms with E-state index in [1.165, 1.54) is 6.07 Å². The highest BCUT2D eigenvalue weighted by Gasteiger charge is 2.50. The highest BCUT2D eigenvalue weighted by atomic mass is 31.2. The molecule has 0 bridgehead atoms. The Balaban J connectivity index is 1.53. The zero-order valence-electron chi connectivity index (χ0n) is 16.4. The second-order valence-electron chi connectivity index (χ2n) is 6.71. The molecule has 0 amide bonds. The molecule has 2 N–H and O–H groups in total. The first kappa shape index (κ1) is 20.2. The second kappa shape index (κ2) is 7.77. The molecule has 1 aromatic carbocycles. The molecule has 4 rings (SSSR count). The van der Waals surface area contributed by atoms with Crippen LogP contribution in [0.5, 0.6) is 5.75 Å². The normalized spacial score (nSPS) is 32.7. The van der Waals surface area contributed by atoms with E-state index >= 15 is 4.39 Å². The van der Waals surface area contributed by atoms with Crippen LogP contribution in [-0.2, 0) is 25.0 Å². The van der Waals surface area contributed by atoms with E-state index in [1.54, 1.807) is 4.98 Å². The summed E-state index contributed by atoms with van der Waals surface area (Å²) in [6, 6.07) is 3.33. The Morgan fingerprint density at radius 1 is 1.48 bits per heavy atom. The van der Waals surface area contributed by atoms with Crippen molar-refractivity contribution in [3.05, 3.63) is 62.2 Å². The number of H-pyrrole nitrogens is 1. The Kier molecular flexibility index (Phi) is 5.07. The number of fused-ring (bicyclic) bond motifs is 1. The number of benzene rings is 1. The molecule has 0 spiro atoms. The van der Waals surface area contributed by atoms with Gasteiger partial charge in [-0.1, -0.05) is 0 Å². The molecule has 1 unspecified atom stereocenters. The molecular weight excluding hydrogens is 445 g/mol. The predicted molar refractivity (Wildman–Crippen MR) is 96.7 cm³/mol. The van der Waals surface area contributed by atoms with Gasteiger partial charge in [0.15, 0.2) is 12.5 Å². The topological polar surface area (TPSA) is 146 Å². The summed E-state index contributed by atoms with van der Waals surface area (Å²) in [5.74, 6) is -3.52. The zero-order valence-corrected chi connectivity index (χ0v) is 16.3. The van der Waals surface area contributed by atoms with E-state index in [9.17, 15) is 28.4 Å². The molecule has 14 heteroatoms. The number of aromatic nitrogens is 2. The van der Waals surface area contributed by atoms with Crippen molar-refractivity contribution >= 4 is 14.1 Å². The van der Waals surface area contributed by atoms with Gasteiger partial charge in [0.2, 0.25) is 5.85 Å². The third-order valence-corrected chi connectivity index (χ3v) is 5.76. The molecule has 11 nitrogen and oxygen atoms in total. The summed E-state index contributed by atoms with van der Waals surface area (Å²) in [5.41, 5.74) is -2.60. The first-order chi connectivity index (χ1) is 15.0. The van der Waals surface area contributed by atoms with Crippen molar-refractivity contribution in [3.63, 3.8) is 0 Å². The molecule has 1 aromatic heterocycles. The fourth-order valence-electron chi connectivity index (χ4n) is 2.99. The monoisotopic (exact) mass is 461 g/mol. The number of carbonyl (C=O) groups is 1. The Hall–Kier alpha value is -2.70. The summed E-state index contributed by atoms with van der Waals surface area (Å²) in [6.45, 7) is -1.49. The van der Waals surface area contributed by atoms with Crippen LogP contribution in [0.15, 0.2) is 34.0 Å². The molecule has 1 fully saturated rings. The van der Waals surface area contributed by atoms with Crippen molar-refractivity contribution in [2.24, 2.45) is 0 Å². The van der Waals surface area contributed by atoms with Gasteiger partial charge in [0.1, 0.15) is 24.3 Å². The van der Waals surface area contributed by atoms with E-state index in [-0.39, 0.29) is 24.2 Å². The average molecular weight is 461 g/mol. The van der Waals surface area contributed by atoms with Gasteiger partial charge in [-0.05, 0) is 18.2 Å². The van der Waals surface area contributed by atoms with Crippen molar-refractivity contribution < 1.29 is 42.9 Å². The number of carbonyl (C=O) groups excluding carboxylic acids is 1. The number of halogens is 2. The van der Waals surface area contributed by atoms with Crippen LogP contribution in [0.25, 0.3) is 0 Å². The number of aromatic amines is 1. The molecule has 31 heavy (non-hydrogen) atoms. The molecular formula is C17H15F2N2O9P. The van der Waals surface area contributed by atoms with Crippen molar-refractivity contribution in [1.29, 1.82) is 0 Å². The lowest BCUT2D eigenvalue weighted by Crippen LogP contribution is -2.37. The van der Waals surface area contributed by atoms with Gasteiger partial charge in [-0.25, -0.2) is 18.1 Å². The van der Waals surface area contributed by atoms with Crippen LogP contribution in [0.3, 0.4) is 0 Å². The Morgan fingerprint density at radius 2 is 2.26 bits per heavy atom. The van der Waals surface area contributed by atoms with E-state index < -0.39 is 61.6 Å². The third kappa shape index (κ3) is 4.23. The van der Waals surface area contributed by atoms with Gasteiger partial charge in [-0.3, -0.25) is 28.2 Å². The molecule has 0 radical (unpaired) electrons. The maximum Gasteiger partial charge on any atom is 0.530 e. The quantitative estimate of drug-likeness (QED) is 0.495. The second-order valence-corrected chi connectivity index (χ2v) is 8.31. The maximum atomic E-state index is 15.2.